The summed E-state index contributed by atoms with van der Waals surface area (Å²) in [7, 11) is 0. The van der Waals surface area contributed by atoms with Gasteiger partial charge in [0.05, 0.1) is 0 Å². The summed E-state index contributed by atoms with van der Waals surface area (Å²) in [5.41, 5.74) is 2.65. The van der Waals surface area contributed by atoms with Gasteiger partial charge in [-0.1, -0.05) is 6.42 Å². The van der Waals surface area contributed by atoms with Crippen molar-refractivity contribution in [3.63, 3.8) is 0 Å². The zero-order valence-electron chi connectivity index (χ0n) is 12.8. The first-order valence-corrected chi connectivity index (χ1v) is 8.20. The standard InChI is InChI=1S/C17H24N2O2/c1-2-19(11-12-6-5-7-12)16-14(17(20)21)10-13-8-3-4-9-15(13)18-16/h10,12H,2-9,11H2,1H3,(H,20,21). The highest BCUT2D eigenvalue weighted by atomic mass is 16.4. The first-order chi connectivity index (χ1) is 10.2. The smallest absolute Gasteiger partial charge is 0.339 e. The van der Waals surface area contributed by atoms with Crippen molar-refractivity contribution in [2.24, 2.45) is 5.92 Å². The van der Waals surface area contributed by atoms with E-state index in [4.69, 9.17) is 4.98 Å². The van der Waals surface area contributed by atoms with Gasteiger partial charge in [-0.2, -0.15) is 0 Å². The molecule has 114 valence electrons. The molecule has 0 saturated heterocycles. The number of anilines is 1. The first kappa shape index (κ1) is 14.4. The fourth-order valence-electron chi connectivity index (χ4n) is 3.37. The van der Waals surface area contributed by atoms with Gasteiger partial charge in [0.25, 0.3) is 0 Å². The summed E-state index contributed by atoms with van der Waals surface area (Å²) in [5, 5.41) is 9.55. The van der Waals surface area contributed by atoms with E-state index >= 15 is 0 Å². The molecule has 0 radical (unpaired) electrons. The third-order valence-corrected chi connectivity index (χ3v) is 4.90. The monoisotopic (exact) mass is 288 g/mol. The average molecular weight is 288 g/mol. The zero-order valence-corrected chi connectivity index (χ0v) is 12.8. The topological polar surface area (TPSA) is 53.4 Å². The number of hydrogen-bond acceptors (Lipinski definition) is 3. The molecule has 21 heavy (non-hydrogen) atoms. The fourth-order valence-corrected chi connectivity index (χ4v) is 3.37. The van der Waals surface area contributed by atoms with Crippen molar-refractivity contribution >= 4 is 11.8 Å². The summed E-state index contributed by atoms with van der Waals surface area (Å²) in [5.74, 6) is 0.555. The van der Waals surface area contributed by atoms with E-state index in [-0.39, 0.29) is 0 Å². The number of aryl methyl sites for hydroxylation is 2. The van der Waals surface area contributed by atoms with Crippen LogP contribution < -0.4 is 4.90 Å². The molecule has 4 heteroatoms. The molecule has 1 aromatic heterocycles. The Morgan fingerprint density at radius 1 is 1.33 bits per heavy atom. The van der Waals surface area contributed by atoms with E-state index < -0.39 is 5.97 Å². The van der Waals surface area contributed by atoms with Gasteiger partial charge in [-0.25, -0.2) is 9.78 Å². The average Bonchev–Trinajstić information content (AvgIpc) is 2.45. The third kappa shape index (κ3) is 2.89. The van der Waals surface area contributed by atoms with Gasteiger partial charge in [0.1, 0.15) is 11.4 Å². The van der Waals surface area contributed by atoms with Crippen molar-refractivity contribution in [3.8, 4) is 0 Å². The minimum Gasteiger partial charge on any atom is -0.478 e. The van der Waals surface area contributed by atoms with Crippen LogP contribution in [0, 0.1) is 5.92 Å². The van der Waals surface area contributed by atoms with Crippen LogP contribution in [0.4, 0.5) is 5.82 Å². The van der Waals surface area contributed by atoms with Crippen molar-refractivity contribution in [2.75, 3.05) is 18.0 Å². The molecule has 1 aromatic rings. The highest BCUT2D eigenvalue weighted by Gasteiger charge is 2.25. The van der Waals surface area contributed by atoms with E-state index in [1.807, 2.05) is 6.07 Å². The Bertz CT molecular complexity index is 538. The Hall–Kier alpha value is -1.58. The predicted octanol–water partition coefficient (Wildman–Crippen LogP) is 3.29. The van der Waals surface area contributed by atoms with Gasteiger partial charge in [-0.3, -0.25) is 0 Å². The molecule has 1 fully saturated rings. The molecule has 0 spiro atoms. The summed E-state index contributed by atoms with van der Waals surface area (Å²) in [6.45, 7) is 3.86. The predicted molar refractivity (Wildman–Crippen MR) is 83.1 cm³/mol. The summed E-state index contributed by atoms with van der Waals surface area (Å²) >= 11 is 0. The summed E-state index contributed by atoms with van der Waals surface area (Å²) in [4.78, 5) is 18.6. The van der Waals surface area contributed by atoms with E-state index in [1.165, 1.54) is 25.7 Å². The summed E-state index contributed by atoms with van der Waals surface area (Å²) in [6.07, 6.45) is 8.12. The summed E-state index contributed by atoms with van der Waals surface area (Å²) in [6, 6.07) is 1.88. The number of aromatic carboxylic acids is 1. The Labute approximate surface area is 126 Å². The normalized spacial score (nSPS) is 18.0. The highest BCUT2D eigenvalue weighted by molar-refractivity contribution is 5.93. The third-order valence-electron chi connectivity index (χ3n) is 4.90. The molecule has 0 unspecified atom stereocenters. The largest absolute Gasteiger partial charge is 0.478 e. The second-order valence-corrected chi connectivity index (χ2v) is 6.31. The van der Waals surface area contributed by atoms with Crippen LogP contribution in [0.3, 0.4) is 0 Å². The van der Waals surface area contributed by atoms with Crippen LogP contribution in [0.1, 0.15) is 60.6 Å². The van der Waals surface area contributed by atoms with Crippen molar-refractivity contribution in [1.82, 2.24) is 4.98 Å². The van der Waals surface area contributed by atoms with Gasteiger partial charge in [-0.05, 0) is 63.0 Å². The molecular formula is C17H24N2O2. The summed E-state index contributed by atoms with van der Waals surface area (Å²) < 4.78 is 0. The van der Waals surface area contributed by atoms with Crippen molar-refractivity contribution in [1.29, 1.82) is 0 Å². The second kappa shape index (κ2) is 6.04. The number of hydrogen-bond donors (Lipinski definition) is 1. The lowest BCUT2D eigenvalue weighted by Gasteiger charge is -2.33. The van der Waals surface area contributed by atoms with Gasteiger partial charge < -0.3 is 10.0 Å². The maximum absolute atomic E-state index is 11.6. The molecule has 0 aliphatic heterocycles. The van der Waals surface area contributed by atoms with Crippen LogP contribution in [-0.4, -0.2) is 29.1 Å². The van der Waals surface area contributed by atoms with Crippen molar-refractivity contribution in [3.05, 3.63) is 22.9 Å². The van der Waals surface area contributed by atoms with Crippen molar-refractivity contribution in [2.45, 2.75) is 51.9 Å². The SMILES string of the molecule is CCN(CC1CCC1)c1nc2c(cc1C(=O)O)CCCC2. The molecule has 1 heterocycles. The Morgan fingerprint density at radius 2 is 2.10 bits per heavy atom. The number of rotatable bonds is 5. The molecule has 2 aliphatic rings. The Kier molecular flexibility index (Phi) is 4.13. The fraction of sp³-hybridized carbons (Fsp3) is 0.647. The van der Waals surface area contributed by atoms with Crippen LogP contribution in [0.25, 0.3) is 0 Å². The van der Waals surface area contributed by atoms with Gasteiger partial charge in [0.15, 0.2) is 0 Å². The molecule has 0 atom stereocenters. The molecule has 2 aliphatic carbocycles. The number of nitrogens with zero attached hydrogens (tertiary/aromatic N) is 2. The lowest BCUT2D eigenvalue weighted by Crippen LogP contribution is -2.34. The van der Waals surface area contributed by atoms with Crippen molar-refractivity contribution < 1.29 is 9.90 Å². The lowest BCUT2D eigenvalue weighted by molar-refractivity contribution is 0.0697. The highest BCUT2D eigenvalue weighted by Crippen LogP contribution is 2.31. The zero-order chi connectivity index (χ0) is 14.8. The maximum Gasteiger partial charge on any atom is 0.339 e. The van der Waals surface area contributed by atoms with E-state index in [2.05, 4.69) is 11.8 Å². The molecule has 1 saturated carbocycles. The number of fused-ring (bicyclic) bond motifs is 1. The Morgan fingerprint density at radius 3 is 2.71 bits per heavy atom. The molecule has 1 N–H and O–H groups in total. The van der Waals surface area contributed by atoms with E-state index in [0.717, 1.165) is 43.6 Å². The maximum atomic E-state index is 11.6. The minimum absolute atomic E-state index is 0.386. The molecule has 0 bridgehead atoms. The number of pyridine rings is 1. The molecule has 0 aromatic carbocycles. The number of carbonyl (C=O) groups is 1. The number of aromatic nitrogens is 1. The molecule has 3 rings (SSSR count). The first-order valence-electron chi connectivity index (χ1n) is 8.20. The van der Waals surface area contributed by atoms with Crippen LogP contribution in [0.5, 0.6) is 0 Å². The molecule has 0 amide bonds. The number of carboxylic acid groups (broad SMARTS) is 1. The van der Waals surface area contributed by atoms with Crippen LogP contribution >= 0.6 is 0 Å². The van der Waals surface area contributed by atoms with Gasteiger partial charge in [-0.15, -0.1) is 0 Å². The number of carboxylic acids is 1. The van der Waals surface area contributed by atoms with Gasteiger partial charge in [0, 0.05) is 18.8 Å². The Balaban J connectivity index is 1.95. The van der Waals surface area contributed by atoms with E-state index in [9.17, 15) is 9.90 Å². The van der Waals surface area contributed by atoms with E-state index in [1.54, 1.807) is 0 Å². The molecule has 4 nitrogen and oxygen atoms in total. The van der Waals surface area contributed by atoms with Crippen LogP contribution in [-0.2, 0) is 12.8 Å². The second-order valence-electron chi connectivity index (χ2n) is 6.31. The van der Waals surface area contributed by atoms with Crippen LogP contribution in [0.15, 0.2) is 6.07 Å². The minimum atomic E-state index is -0.849. The lowest BCUT2D eigenvalue weighted by atomic mass is 9.85. The molecular weight excluding hydrogens is 264 g/mol. The van der Waals surface area contributed by atoms with Crippen LogP contribution in [0.2, 0.25) is 0 Å². The van der Waals surface area contributed by atoms with E-state index in [0.29, 0.717) is 17.3 Å². The van der Waals surface area contributed by atoms with Gasteiger partial charge in [0.2, 0.25) is 0 Å². The quantitative estimate of drug-likeness (QED) is 0.903. The van der Waals surface area contributed by atoms with Gasteiger partial charge >= 0.3 is 5.97 Å².